The van der Waals surface area contributed by atoms with Crippen molar-refractivity contribution in [3.63, 3.8) is 0 Å². The van der Waals surface area contributed by atoms with Gasteiger partial charge in [-0.05, 0) is 50.0 Å². The maximum atomic E-state index is 13.1. The average Bonchev–Trinajstić information content (AvgIpc) is 3.06. The van der Waals surface area contributed by atoms with Crippen molar-refractivity contribution in [2.45, 2.75) is 71.7 Å². The molecule has 4 nitrogen and oxygen atoms in total. The zero-order valence-electron chi connectivity index (χ0n) is 15.3. The van der Waals surface area contributed by atoms with E-state index in [1.54, 1.807) is 6.08 Å². The van der Waals surface area contributed by atoms with Crippen molar-refractivity contribution < 1.29 is 19.4 Å². The highest BCUT2D eigenvalue weighted by atomic mass is 16.6. The lowest BCUT2D eigenvalue weighted by Gasteiger charge is -2.51. The number of carbonyl (C=O) groups excluding carboxylic acids is 2. The lowest BCUT2D eigenvalue weighted by molar-refractivity contribution is -0.152. The van der Waals surface area contributed by atoms with E-state index in [0.29, 0.717) is 12.8 Å². The summed E-state index contributed by atoms with van der Waals surface area (Å²) in [4.78, 5) is 25.8. The van der Waals surface area contributed by atoms with Gasteiger partial charge in [0.2, 0.25) is 0 Å². The molecule has 3 aliphatic carbocycles. The number of hydrogen-bond donors (Lipinski definition) is 1. The van der Waals surface area contributed by atoms with Gasteiger partial charge in [-0.3, -0.25) is 9.59 Å². The number of aliphatic hydroxyl groups excluding tert-OH is 1. The molecule has 0 amide bonds. The first kappa shape index (κ1) is 16.5. The highest BCUT2D eigenvalue weighted by Crippen LogP contribution is 2.64. The maximum Gasteiger partial charge on any atom is 0.169 e. The second-order valence-electron chi connectivity index (χ2n) is 9.45. The van der Waals surface area contributed by atoms with Gasteiger partial charge in [0.05, 0.1) is 17.6 Å². The van der Waals surface area contributed by atoms with E-state index in [1.807, 2.05) is 13.8 Å². The predicted molar refractivity (Wildman–Crippen MR) is 89.3 cm³/mol. The second-order valence-corrected chi connectivity index (χ2v) is 9.45. The second kappa shape index (κ2) is 4.59. The third-order valence-electron chi connectivity index (χ3n) is 7.67. The minimum Gasteiger partial charge on any atom is -0.390 e. The summed E-state index contributed by atoms with van der Waals surface area (Å²) in [6, 6.07) is 0. The zero-order chi connectivity index (χ0) is 17.7. The molecule has 0 radical (unpaired) electrons. The van der Waals surface area contributed by atoms with Crippen LogP contribution in [0.4, 0.5) is 0 Å². The van der Waals surface area contributed by atoms with Crippen molar-refractivity contribution >= 4 is 11.6 Å². The molecule has 0 aromatic carbocycles. The van der Waals surface area contributed by atoms with Gasteiger partial charge in [0.1, 0.15) is 11.4 Å². The van der Waals surface area contributed by atoms with Crippen LogP contribution in [-0.2, 0) is 14.3 Å². The fourth-order valence-corrected chi connectivity index (χ4v) is 5.80. The van der Waals surface area contributed by atoms with Crippen molar-refractivity contribution in [2.24, 2.45) is 28.6 Å². The van der Waals surface area contributed by atoms with Gasteiger partial charge in [0.25, 0.3) is 0 Å². The Hall–Kier alpha value is -1.00. The molecule has 24 heavy (non-hydrogen) atoms. The molecule has 4 aliphatic rings. The molecule has 132 valence electrons. The molecule has 3 fully saturated rings. The van der Waals surface area contributed by atoms with Crippen LogP contribution >= 0.6 is 0 Å². The summed E-state index contributed by atoms with van der Waals surface area (Å²) in [5.74, 6) is 0.430. The first-order valence-corrected chi connectivity index (χ1v) is 9.19. The summed E-state index contributed by atoms with van der Waals surface area (Å²) in [7, 11) is 0. The molecule has 1 saturated heterocycles. The Morgan fingerprint density at radius 1 is 1.25 bits per heavy atom. The fraction of sp³-hybridized carbons (Fsp3) is 0.800. The molecule has 4 heteroatoms. The molecule has 0 bridgehead atoms. The molecule has 0 spiro atoms. The van der Waals surface area contributed by atoms with Gasteiger partial charge in [-0.25, -0.2) is 0 Å². The van der Waals surface area contributed by atoms with Gasteiger partial charge in [-0.2, -0.15) is 0 Å². The zero-order valence-corrected chi connectivity index (χ0v) is 15.3. The third-order valence-corrected chi connectivity index (χ3v) is 7.67. The quantitative estimate of drug-likeness (QED) is 0.592. The maximum absolute atomic E-state index is 13.1. The first-order chi connectivity index (χ1) is 11.0. The molecule has 1 aliphatic heterocycles. The van der Waals surface area contributed by atoms with E-state index in [9.17, 15) is 14.7 Å². The smallest absolute Gasteiger partial charge is 0.169 e. The minimum atomic E-state index is -0.912. The van der Waals surface area contributed by atoms with Crippen LogP contribution in [0.5, 0.6) is 0 Å². The van der Waals surface area contributed by atoms with Crippen LogP contribution in [0.3, 0.4) is 0 Å². The topological polar surface area (TPSA) is 66.9 Å². The van der Waals surface area contributed by atoms with Gasteiger partial charge in [-0.1, -0.05) is 26.3 Å². The van der Waals surface area contributed by atoms with Gasteiger partial charge in [-0.15, -0.1) is 0 Å². The highest BCUT2D eigenvalue weighted by molar-refractivity contribution is 6.15. The van der Waals surface area contributed by atoms with E-state index in [4.69, 9.17) is 4.74 Å². The van der Waals surface area contributed by atoms with Crippen LogP contribution in [0.25, 0.3) is 0 Å². The summed E-state index contributed by atoms with van der Waals surface area (Å²) in [5.41, 5.74) is -0.529. The van der Waals surface area contributed by atoms with Gasteiger partial charge in [0, 0.05) is 12.3 Å². The number of fused-ring (bicyclic) bond motifs is 4. The number of aliphatic hydroxyl groups is 1. The summed E-state index contributed by atoms with van der Waals surface area (Å²) >= 11 is 0. The Morgan fingerprint density at radius 2 is 1.92 bits per heavy atom. The average molecular weight is 332 g/mol. The highest BCUT2D eigenvalue weighted by Gasteiger charge is 2.69. The van der Waals surface area contributed by atoms with E-state index >= 15 is 0 Å². The molecule has 4 rings (SSSR count). The largest absolute Gasteiger partial charge is 0.390 e. The predicted octanol–water partition coefficient (Wildman–Crippen LogP) is 2.68. The van der Waals surface area contributed by atoms with E-state index in [0.717, 1.165) is 12.0 Å². The molecular formula is C20H28O4. The summed E-state index contributed by atoms with van der Waals surface area (Å²) in [6.45, 7) is 10.2. The van der Waals surface area contributed by atoms with E-state index < -0.39 is 17.1 Å². The van der Waals surface area contributed by atoms with Crippen molar-refractivity contribution in [3.05, 3.63) is 11.6 Å². The van der Waals surface area contributed by atoms with Crippen molar-refractivity contribution in [2.75, 3.05) is 0 Å². The molecule has 2 saturated carbocycles. The molecule has 1 N–H and O–H groups in total. The van der Waals surface area contributed by atoms with Gasteiger partial charge < -0.3 is 9.84 Å². The Balaban J connectivity index is 1.83. The van der Waals surface area contributed by atoms with E-state index in [-0.39, 0.29) is 40.8 Å². The van der Waals surface area contributed by atoms with E-state index in [1.165, 1.54) is 0 Å². The van der Waals surface area contributed by atoms with Crippen LogP contribution in [0, 0.1) is 28.6 Å². The van der Waals surface area contributed by atoms with Crippen LogP contribution in [0.2, 0.25) is 0 Å². The molecule has 7 unspecified atom stereocenters. The fourth-order valence-electron chi connectivity index (χ4n) is 5.80. The lowest BCUT2D eigenvalue weighted by atomic mass is 9.50. The van der Waals surface area contributed by atoms with Crippen LogP contribution in [0.1, 0.15) is 53.9 Å². The van der Waals surface area contributed by atoms with Crippen molar-refractivity contribution in [3.8, 4) is 0 Å². The number of carbonyl (C=O) groups is 2. The first-order valence-electron chi connectivity index (χ1n) is 9.19. The van der Waals surface area contributed by atoms with Crippen molar-refractivity contribution in [1.82, 2.24) is 0 Å². The Kier molecular flexibility index (Phi) is 3.15. The molecule has 0 aromatic rings. The summed E-state index contributed by atoms with van der Waals surface area (Å²) < 4.78 is 5.84. The summed E-state index contributed by atoms with van der Waals surface area (Å²) in [5, 5.41) is 10.7. The van der Waals surface area contributed by atoms with Gasteiger partial charge >= 0.3 is 0 Å². The molecule has 0 aromatic heterocycles. The Bertz CT molecular complexity index is 665. The Morgan fingerprint density at radius 3 is 2.54 bits per heavy atom. The van der Waals surface area contributed by atoms with Gasteiger partial charge in [0.15, 0.2) is 5.78 Å². The third kappa shape index (κ3) is 1.82. The van der Waals surface area contributed by atoms with Crippen LogP contribution in [-0.4, -0.2) is 34.5 Å². The minimum absolute atomic E-state index is 0.0208. The molecule has 7 atom stereocenters. The SMILES string of the molecule is CC(C)C1=CC(=O)C2(C)C(=O)CC3(C)CC(O)C4(C)OC4CC3C12. The lowest BCUT2D eigenvalue weighted by Crippen LogP contribution is -2.54. The number of rotatable bonds is 1. The number of Topliss-reactive ketones (excluding diaryl/α,β-unsaturated/α-hetero) is 1. The summed E-state index contributed by atoms with van der Waals surface area (Å²) in [6.07, 6.45) is 3.03. The molecule has 1 heterocycles. The number of hydrogen-bond acceptors (Lipinski definition) is 4. The van der Waals surface area contributed by atoms with Crippen molar-refractivity contribution in [1.29, 1.82) is 0 Å². The Labute approximate surface area is 143 Å². The standard InChI is InChI=1S/C20H28O4/c1-10(2)11-6-13(21)19(4)14(22)8-18(3)9-15(23)20(5)16(24-20)7-12(18)17(11)19/h6,10,12,15-17,23H,7-9H2,1-5H3. The van der Waals surface area contributed by atoms with E-state index in [2.05, 4.69) is 20.8 Å². The number of allylic oxidation sites excluding steroid dienone is 2. The molecular weight excluding hydrogens is 304 g/mol. The normalized spacial score (nSPS) is 53.2. The van der Waals surface area contributed by atoms with Crippen LogP contribution < -0.4 is 0 Å². The number of epoxide rings is 1. The van der Waals surface area contributed by atoms with Crippen LogP contribution in [0.15, 0.2) is 11.6 Å². The number of ether oxygens (including phenoxy) is 1. The monoisotopic (exact) mass is 332 g/mol. The number of ketones is 2.